The van der Waals surface area contributed by atoms with E-state index in [9.17, 15) is 9.59 Å². The number of carbonyl (C=O) groups is 2. The number of methoxy groups -OCH3 is 1. The van der Waals surface area contributed by atoms with Crippen LogP contribution in [0.15, 0.2) is 53.5 Å². The Balaban J connectivity index is 1.62. The fraction of sp³-hybridized carbons (Fsp3) is 0.423. The molecule has 8 heteroatoms. The average molecular weight is 484 g/mol. The molecule has 1 fully saturated rings. The quantitative estimate of drug-likeness (QED) is 0.197. The highest BCUT2D eigenvalue weighted by Gasteiger charge is 2.40. The number of thioether (sulfide) groups is 1. The number of amidine groups is 1. The number of nitrogens with zero attached hydrogens (tertiary/aromatic N) is 2. The largest absolute Gasteiger partial charge is 0.497 e. The lowest BCUT2D eigenvalue weighted by atomic mass is 10.2. The molecule has 2 aromatic rings. The minimum absolute atomic E-state index is 0.127. The lowest BCUT2D eigenvalue weighted by molar-refractivity contribution is -0.121. The summed E-state index contributed by atoms with van der Waals surface area (Å²) in [4.78, 5) is 31.6. The Morgan fingerprint density at radius 3 is 2.59 bits per heavy atom. The minimum Gasteiger partial charge on any atom is -0.497 e. The van der Waals surface area contributed by atoms with Crippen molar-refractivity contribution in [3.05, 3.63) is 48.5 Å². The fourth-order valence-corrected chi connectivity index (χ4v) is 4.67. The monoisotopic (exact) mass is 483 g/mol. The van der Waals surface area contributed by atoms with Gasteiger partial charge < -0.3 is 14.8 Å². The predicted octanol–water partition coefficient (Wildman–Crippen LogP) is 5.51. The van der Waals surface area contributed by atoms with Crippen LogP contribution in [0.1, 0.15) is 46.0 Å². The van der Waals surface area contributed by atoms with Crippen molar-refractivity contribution in [3.63, 3.8) is 0 Å². The number of nitrogens with one attached hydrogen (secondary N) is 1. The van der Waals surface area contributed by atoms with Crippen LogP contribution >= 0.6 is 11.8 Å². The van der Waals surface area contributed by atoms with Gasteiger partial charge in [-0.05, 0) is 49.7 Å². The summed E-state index contributed by atoms with van der Waals surface area (Å²) in [5.41, 5.74) is 1.36. The number of imide groups is 1. The molecule has 7 nitrogen and oxygen atoms in total. The van der Waals surface area contributed by atoms with Gasteiger partial charge in [0.2, 0.25) is 11.8 Å². The van der Waals surface area contributed by atoms with E-state index in [1.54, 1.807) is 19.2 Å². The van der Waals surface area contributed by atoms with Crippen molar-refractivity contribution in [3.8, 4) is 11.5 Å². The van der Waals surface area contributed by atoms with Crippen molar-refractivity contribution in [1.29, 1.82) is 0 Å². The van der Waals surface area contributed by atoms with E-state index in [2.05, 4.69) is 17.2 Å². The number of carbonyl (C=O) groups excluding carboxylic acids is 2. The normalized spacial score (nSPS) is 16.1. The summed E-state index contributed by atoms with van der Waals surface area (Å²) in [7, 11) is 1.61. The van der Waals surface area contributed by atoms with E-state index in [1.165, 1.54) is 29.5 Å². The molecule has 0 radical (unpaired) electrons. The predicted molar refractivity (Wildman–Crippen MR) is 139 cm³/mol. The van der Waals surface area contributed by atoms with E-state index < -0.39 is 5.25 Å². The molecule has 0 aromatic heterocycles. The van der Waals surface area contributed by atoms with Gasteiger partial charge in [-0.1, -0.05) is 44.0 Å². The number of rotatable bonds is 11. The van der Waals surface area contributed by atoms with E-state index in [0.717, 1.165) is 30.0 Å². The standard InChI is InChI=1S/C26H33N3O4S/c1-4-6-7-8-16-33-21-14-12-20(13-15-21)29-24(30)18-23(25(29)31)34-26(27-5-2)28-19-10-9-11-22(17-19)32-3/h9-15,17,23H,4-8,16,18H2,1-3H3,(H,27,28)/t23-/m0/s1. The number of amides is 2. The van der Waals surface area contributed by atoms with E-state index >= 15 is 0 Å². The Kier molecular flexibility index (Phi) is 9.82. The smallest absolute Gasteiger partial charge is 0.247 e. The maximum Gasteiger partial charge on any atom is 0.247 e. The first-order chi connectivity index (χ1) is 16.5. The lowest BCUT2D eigenvalue weighted by Gasteiger charge is -2.16. The van der Waals surface area contributed by atoms with Crippen molar-refractivity contribution in [2.75, 3.05) is 30.5 Å². The number of ether oxygens (including phenoxy) is 2. The molecule has 0 spiro atoms. The van der Waals surface area contributed by atoms with E-state index in [0.29, 0.717) is 24.0 Å². The van der Waals surface area contributed by atoms with Crippen LogP contribution in [0.5, 0.6) is 11.5 Å². The molecule has 1 heterocycles. The van der Waals surface area contributed by atoms with Crippen LogP contribution in [0.3, 0.4) is 0 Å². The van der Waals surface area contributed by atoms with E-state index in [-0.39, 0.29) is 18.2 Å². The Bertz CT molecular complexity index is 994. The molecule has 1 N–H and O–H groups in total. The second-order valence-corrected chi connectivity index (χ2v) is 9.11. The number of hydrogen-bond acceptors (Lipinski definition) is 6. The van der Waals surface area contributed by atoms with Crippen LogP contribution in [0.4, 0.5) is 11.4 Å². The third kappa shape index (κ3) is 7.00. The second kappa shape index (κ2) is 13.0. The van der Waals surface area contributed by atoms with Crippen LogP contribution in [-0.2, 0) is 9.59 Å². The third-order valence-electron chi connectivity index (χ3n) is 5.34. The van der Waals surface area contributed by atoms with Crippen LogP contribution in [0, 0.1) is 0 Å². The van der Waals surface area contributed by atoms with Gasteiger partial charge in [0.05, 0.1) is 19.4 Å². The van der Waals surface area contributed by atoms with Gasteiger partial charge in [-0.2, -0.15) is 0 Å². The van der Waals surface area contributed by atoms with Crippen LogP contribution in [-0.4, -0.2) is 42.5 Å². The van der Waals surface area contributed by atoms with Crippen molar-refractivity contribution in [2.45, 2.75) is 51.2 Å². The Labute approximate surface area is 205 Å². The van der Waals surface area contributed by atoms with E-state index in [4.69, 9.17) is 9.47 Å². The maximum atomic E-state index is 13.1. The number of anilines is 2. The van der Waals surface area contributed by atoms with Gasteiger partial charge in [0.1, 0.15) is 16.7 Å². The van der Waals surface area contributed by atoms with E-state index in [1.807, 2.05) is 43.3 Å². The second-order valence-electron chi connectivity index (χ2n) is 7.92. The molecule has 1 atom stereocenters. The number of unbranched alkanes of at least 4 members (excludes halogenated alkanes) is 3. The van der Waals surface area contributed by atoms with Crippen LogP contribution in [0.2, 0.25) is 0 Å². The summed E-state index contributed by atoms with van der Waals surface area (Å²) in [5.74, 6) is 1.01. The highest BCUT2D eigenvalue weighted by atomic mass is 32.2. The first-order valence-electron chi connectivity index (χ1n) is 11.8. The molecular formula is C26H33N3O4S. The molecule has 2 aromatic carbocycles. The van der Waals surface area contributed by atoms with Gasteiger partial charge in [-0.3, -0.25) is 14.6 Å². The van der Waals surface area contributed by atoms with Crippen molar-refractivity contribution in [2.24, 2.45) is 4.99 Å². The highest BCUT2D eigenvalue weighted by Crippen LogP contribution is 2.32. The van der Waals surface area contributed by atoms with Crippen molar-refractivity contribution < 1.29 is 19.1 Å². The Hall–Kier alpha value is -3.00. The summed E-state index contributed by atoms with van der Waals surface area (Å²) in [5, 5.41) is 3.30. The molecule has 34 heavy (non-hydrogen) atoms. The lowest BCUT2D eigenvalue weighted by Crippen LogP contribution is -2.31. The molecule has 0 saturated carbocycles. The van der Waals surface area contributed by atoms with Gasteiger partial charge in [0.15, 0.2) is 5.17 Å². The molecule has 3 rings (SSSR count). The first kappa shape index (κ1) is 25.6. The molecule has 2 amide bonds. The van der Waals surface area contributed by atoms with Crippen LogP contribution in [0.25, 0.3) is 0 Å². The highest BCUT2D eigenvalue weighted by molar-refractivity contribution is 8.15. The van der Waals surface area contributed by atoms with Gasteiger partial charge >= 0.3 is 0 Å². The van der Waals surface area contributed by atoms with Gasteiger partial charge in [0.25, 0.3) is 0 Å². The Morgan fingerprint density at radius 2 is 1.88 bits per heavy atom. The summed E-state index contributed by atoms with van der Waals surface area (Å²) in [6.07, 6.45) is 4.69. The topological polar surface area (TPSA) is 80.2 Å². The molecule has 1 aliphatic heterocycles. The molecule has 1 saturated heterocycles. The molecule has 0 unspecified atom stereocenters. The number of benzene rings is 2. The minimum atomic E-state index is -0.537. The van der Waals surface area contributed by atoms with Gasteiger partial charge in [-0.15, -0.1) is 0 Å². The Morgan fingerprint density at radius 1 is 1.09 bits per heavy atom. The van der Waals surface area contributed by atoms with Crippen LogP contribution < -0.4 is 19.7 Å². The maximum absolute atomic E-state index is 13.1. The summed E-state index contributed by atoms with van der Waals surface area (Å²) >= 11 is 1.28. The van der Waals surface area contributed by atoms with Crippen molar-refractivity contribution >= 4 is 40.1 Å². The molecule has 1 aliphatic rings. The molecule has 182 valence electrons. The summed E-state index contributed by atoms with van der Waals surface area (Å²) < 4.78 is 11.0. The zero-order chi connectivity index (χ0) is 24.3. The molecule has 0 aliphatic carbocycles. The third-order valence-corrected chi connectivity index (χ3v) is 6.45. The molecular weight excluding hydrogens is 450 g/mol. The van der Waals surface area contributed by atoms with Gasteiger partial charge in [0, 0.05) is 24.7 Å². The van der Waals surface area contributed by atoms with Crippen molar-refractivity contribution in [1.82, 2.24) is 0 Å². The number of hydrogen-bond donors (Lipinski definition) is 1. The average Bonchev–Trinajstić information content (AvgIpc) is 3.12. The SMILES string of the molecule is CCCCCCOc1ccc(N2C(=O)C[C@H](SC(=NCC)Nc3cccc(OC)c3)C2=O)cc1. The fourth-order valence-electron chi connectivity index (χ4n) is 3.59. The summed E-state index contributed by atoms with van der Waals surface area (Å²) in [6.45, 7) is 5.32. The molecule has 0 bridgehead atoms. The first-order valence-corrected chi connectivity index (χ1v) is 12.7. The summed E-state index contributed by atoms with van der Waals surface area (Å²) in [6, 6.07) is 14.6. The van der Waals surface area contributed by atoms with Gasteiger partial charge in [-0.25, -0.2) is 4.90 Å². The zero-order valence-electron chi connectivity index (χ0n) is 20.1. The zero-order valence-corrected chi connectivity index (χ0v) is 20.9. The number of aliphatic imine (C=N–C) groups is 1.